The minimum atomic E-state index is -0.356. The van der Waals surface area contributed by atoms with Crippen molar-refractivity contribution < 1.29 is 15.0 Å². The number of carbonyl (C=O) groups is 1. The molecule has 0 bridgehead atoms. The molecule has 0 aliphatic carbocycles. The number of aromatic nitrogens is 1. The van der Waals surface area contributed by atoms with Crippen LogP contribution in [-0.2, 0) is 6.42 Å². The smallest absolute Gasteiger partial charge is 0.271 e. The highest BCUT2D eigenvalue weighted by atomic mass is 16.3. The molecule has 6 heteroatoms. The van der Waals surface area contributed by atoms with Crippen molar-refractivity contribution in [2.75, 3.05) is 0 Å². The number of benzene rings is 1. The molecule has 1 aromatic heterocycles. The predicted octanol–water partition coefficient (Wildman–Crippen LogP) is 1.45. The van der Waals surface area contributed by atoms with Gasteiger partial charge < -0.3 is 10.2 Å². The van der Waals surface area contributed by atoms with Crippen LogP contribution in [0.3, 0.4) is 0 Å². The maximum atomic E-state index is 11.6. The van der Waals surface area contributed by atoms with Crippen molar-refractivity contribution in [3.63, 3.8) is 0 Å². The van der Waals surface area contributed by atoms with Crippen molar-refractivity contribution in [3.8, 4) is 11.5 Å². The second-order valence-corrected chi connectivity index (χ2v) is 3.97. The molecule has 2 aromatic rings. The third kappa shape index (κ3) is 3.32. The van der Waals surface area contributed by atoms with Crippen LogP contribution in [0.15, 0.2) is 47.8 Å². The Hall–Kier alpha value is -2.89. The van der Waals surface area contributed by atoms with E-state index in [-0.39, 0.29) is 23.8 Å². The maximum Gasteiger partial charge on any atom is 0.271 e. The summed E-state index contributed by atoms with van der Waals surface area (Å²) >= 11 is 0. The predicted molar refractivity (Wildman–Crippen MR) is 73.7 cm³/mol. The molecule has 0 saturated carbocycles. The maximum absolute atomic E-state index is 11.6. The van der Waals surface area contributed by atoms with Gasteiger partial charge in [0.25, 0.3) is 5.91 Å². The minimum Gasteiger partial charge on any atom is -0.508 e. The Balaban J connectivity index is 1.93. The van der Waals surface area contributed by atoms with Crippen molar-refractivity contribution >= 4 is 12.1 Å². The lowest BCUT2D eigenvalue weighted by atomic mass is 10.1. The van der Waals surface area contributed by atoms with Crippen LogP contribution in [0.5, 0.6) is 11.5 Å². The summed E-state index contributed by atoms with van der Waals surface area (Å²) < 4.78 is 0. The van der Waals surface area contributed by atoms with Gasteiger partial charge >= 0.3 is 0 Å². The van der Waals surface area contributed by atoms with Gasteiger partial charge in [-0.05, 0) is 24.3 Å². The van der Waals surface area contributed by atoms with Crippen molar-refractivity contribution in [2.45, 2.75) is 6.42 Å². The Morgan fingerprint density at radius 2 is 1.85 bits per heavy atom. The number of rotatable bonds is 4. The number of nitrogens with zero attached hydrogens (tertiary/aromatic N) is 2. The first-order valence-corrected chi connectivity index (χ1v) is 5.90. The summed E-state index contributed by atoms with van der Waals surface area (Å²) in [6.45, 7) is 0. The summed E-state index contributed by atoms with van der Waals surface area (Å²) in [5.74, 6) is -0.390. The summed E-state index contributed by atoms with van der Waals surface area (Å²) in [6, 6.07) is 7.62. The van der Waals surface area contributed by atoms with Gasteiger partial charge in [-0.1, -0.05) is 6.07 Å². The molecule has 0 radical (unpaired) electrons. The molecule has 0 aliphatic rings. The molecule has 20 heavy (non-hydrogen) atoms. The molecule has 1 aromatic carbocycles. The number of carbonyl (C=O) groups excluding carboxylic acids is 1. The number of phenolic OH excluding ortho intramolecular Hbond substituents is 2. The summed E-state index contributed by atoms with van der Waals surface area (Å²) in [7, 11) is 0. The van der Waals surface area contributed by atoms with E-state index >= 15 is 0 Å². The molecular formula is C14H13N3O3. The number of hydrogen-bond acceptors (Lipinski definition) is 5. The number of phenols is 2. The van der Waals surface area contributed by atoms with Gasteiger partial charge in [0.2, 0.25) is 0 Å². The van der Waals surface area contributed by atoms with E-state index in [1.165, 1.54) is 36.8 Å². The van der Waals surface area contributed by atoms with Crippen LogP contribution in [0.4, 0.5) is 0 Å². The van der Waals surface area contributed by atoms with E-state index in [0.717, 1.165) is 0 Å². The van der Waals surface area contributed by atoms with E-state index in [2.05, 4.69) is 15.5 Å². The topological polar surface area (TPSA) is 94.8 Å². The molecule has 102 valence electrons. The van der Waals surface area contributed by atoms with Crippen molar-refractivity contribution in [3.05, 3.63) is 53.9 Å². The van der Waals surface area contributed by atoms with Crippen molar-refractivity contribution in [2.24, 2.45) is 5.10 Å². The zero-order chi connectivity index (χ0) is 14.4. The van der Waals surface area contributed by atoms with E-state index < -0.39 is 0 Å². The fourth-order valence-corrected chi connectivity index (χ4v) is 1.58. The summed E-state index contributed by atoms with van der Waals surface area (Å²) in [6.07, 6.45) is 4.63. The summed E-state index contributed by atoms with van der Waals surface area (Å²) in [4.78, 5) is 15.4. The van der Waals surface area contributed by atoms with E-state index in [1.54, 1.807) is 12.1 Å². The highest BCUT2D eigenvalue weighted by molar-refractivity contribution is 5.94. The largest absolute Gasteiger partial charge is 0.508 e. The van der Waals surface area contributed by atoms with Gasteiger partial charge in [-0.15, -0.1) is 0 Å². The SMILES string of the molecule is O=C(N/N=C/Cc1c(O)cccc1O)c1ccncc1. The average Bonchev–Trinajstić information content (AvgIpc) is 2.46. The molecule has 0 unspecified atom stereocenters. The first-order chi connectivity index (χ1) is 9.68. The van der Waals surface area contributed by atoms with Gasteiger partial charge in [0, 0.05) is 36.2 Å². The Kier molecular flexibility index (Phi) is 4.28. The molecule has 0 spiro atoms. The van der Waals surface area contributed by atoms with E-state index in [4.69, 9.17) is 0 Å². The normalized spacial score (nSPS) is 10.6. The molecule has 1 heterocycles. The fraction of sp³-hybridized carbons (Fsp3) is 0.0714. The van der Waals surface area contributed by atoms with Gasteiger partial charge in [0.1, 0.15) is 11.5 Å². The molecule has 0 aliphatic heterocycles. The zero-order valence-corrected chi connectivity index (χ0v) is 10.5. The molecule has 0 fully saturated rings. The van der Waals surface area contributed by atoms with E-state index in [0.29, 0.717) is 11.1 Å². The lowest BCUT2D eigenvalue weighted by Crippen LogP contribution is -2.17. The third-order valence-electron chi connectivity index (χ3n) is 2.62. The molecule has 0 saturated heterocycles. The second-order valence-electron chi connectivity index (χ2n) is 3.97. The minimum absolute atomic E-state index is 0.0167. The van der Waals surface area contributed by atoms with Crippen LogP contribution in [0.2, 0.25) is 0 Å². The van der Waals surface area contributed by atoms with Crippen LogP contribution >= 0.6 is 0 Å². The van der Waals surface area contributed by atoms with Crippen molar-refractivity contribution in [1.29, 1.82) is 0 Å². The molecule has 2 rings (SSSR count). The molecule has 0 atom stereocenters. The number of hydrazone groups is 1. The van der Waals surface area contributed by atoms with Crippen molar-refractivity contribution in [1.82, 2.24) is 10.4 Å². The van der Waals surface area contributed by atoms with Gasteiger partial charge in [-0.3, -0.25) is 9.78 Å². The Morgan fingerprint density at radius 3 is 2.50 bits per heavy atom. The fourth-order valence-electron chi connectivity index (χ4n) is 1.58. The molecule has 1 amide bonds. The van der Waals surface area contributed by atoms with E-state index in [1.807, 2.05) is 0 Å². The number of nitrogens with one attached hydrogen (secondary N) is 1. The quantitative estimate of drug-likeness (QED) is 0.579. The van der Waals surface area contributed by atoms with Crippen LogP contribution in [0, 0.1) is 0 Å². The highest BCUT2D eigenvalue weighted by Crippen LogP contribution is 2.25. The van der Waals surface area contributed by atoms with Crippen LogP contribution < -0.4 is 5.43 Å². The Labute approximate surface area is 115 Å². The summed E-state index contributed by atoms with van der Waals surface area (Å²) in [5.41, 5.74) is 3.15. The van der Waals surface area contributed by atoms with Gasteiger partial charge in [0.15, 0.2) is 0 Å². The van der Waals surface area contributed by atoms with Crippen LogP contribution in [0.25, 0.3) is 0 Å². The highest BCUT2D eigenvalue weighted by Gasteiger charge is 2.05. The number of amides is 1. The average molecular weight is 271 g/mol. The Bertz CT molecular complexity index is 607. The van der Waals surface area contributed by atoms with Gasteiger partial charge in [-0.25, -0.2) is 5.43 Å². The van der Waals surface area contributed by atoms with E-state index in [9.17, 15) is 15.0 Å². The molecular weight excluding hydrogens is 258 g/mol. The number of hydrogen-bond donors (Lipinski definition) is 3. The number of pyridine rings is 1. The zero-order valence-electron chi connectivity index (χ0n) is 10.5. The van der Waals surface area contributed by atoms with Crippen LogP contribution in [0.1, 0.15) is 15.9 Å². The molecule has 3 N–H and O–H groups in total. The first kappa shape index (κ1) is 13.5. The Morgan fingerprint density at radius 1 is 1.20 bits per heavy atom. The second kappa shape index (κ2) is 6.33. The monoisotopic (exact) mass is 271 g/mol. The lowest BCUT2D eigenvalue weighted by Gasteiger charge is -2.03. The molecule has 6 nitrogen and oxygen atoms in total. The van der Waals surface area contributed by atoms with Gasteiger partial charge in [-0.2, -0.15) is 5.10 Å². The van der Waals surface area contributed by atoms with Gasteiger partial charge in [0.05, 0.1) is 0 Å². The lowest BCUT2D eigenvalue weighted by molar-refractivity contribution is 0.0955. The summed E-state index contributed by atoms with van der Waals surface area (Å²) in [5, 5.41) is 22.9. The third-order valence-corrected chi connectivity index (χ3v) is 2.62. The standard InChI is InChI=1S/C14H13N3O3/c18-12-2-1-3-13(19)11(12)6-9-16-17-14(20)10-4-7-15-8-5-10/h1-5,7-9,18-19H,6H2,(H,17,20)/b16-9+. The number of aromatic hydroxyl groups is 2. The van der Waals surface area contributed by atoms with Crippen LogP contribution in [-0.4, -0.2) is 27.3 Å². The first-order valence-electron chi connectivity index (χ1n) is 5.90.